The minimum Gasteiger partial charge on any atom is -0.334 e. The third-order valence-corrected chi connectivity index (χ3v) is 6.27. The molecule has 4 rings (SSSR count). The lowest BCUT2D eigenvalue weighted by atomic mass is 10.1. The van der Waals surface area contributed by atoms with Gasteiger partial charge in [-0.15, -0.1) is 11.3 Å². The van der Waals surface area contributed by atoms with E-state index < -0.39 is 0 Å². The predicted molar refractivity (Wildman–Crippen MR) is 106 cm³/mol. The van der Waals surface area contributed by atoms with Gasteiger partial charge >= 0.3 is 6.03 Å². The first-order valence-corrected chi connectivity index (χ1v) is 10.5. The SMILES string of the molecule is O=C(NCc1ccc(CN2CCCC2)cc1)N[C@@H](c1cccs1)C1CC1. The number of hydrogen-bond acceptors (Lipinski definition) is 3. The molecule has 2 fully saturated rings. The van der Waals surface area contributed by atoms with Crippen LogP contribution >= 0.6 is 11.3 Å². The van der Waals surface area contributed by atoms with Crippen molar-refractivity contribution >= 4 is 17.4 Å². The van der Waals surface area contributed by atoms with Crippen LogP contribution < -0.4 is 10.6 Å². The van der Waals surface area contributed by atoms with Crippen molar-refractivity contribution in [3.8, 4) is 0 Å². The van der Waals surface area contributed by atoms with E-state index in [1.807, 2.05) is 0 Å². The van der Waals surface area contributed by atoms with Gasteiger partial charge < -0.3 is 10.6 Å². The number of likely N-dealkylation sites (tertiary alicyclic amines) is 1. The van der Waals surface area contributed by atoms with Crippen LogP contribution in [0.25, 0.3) is 0 Å². The zero-order chi connectivity index (χ0) is 17.8. The highest BCUT2D eigenvalue weighted by Gasteiger charge is 2.33. The van der Waals surface area contributed by atoms with Gasteiger partial charge in [-0.2, -0.15) is 0 Å². The Morgan fingerprint density at radius 3 is 2.50 bits per heavy atom. The summed E-state index contributed by atoms with van der Waals surface area (Å²) in [5.41, 5.74) is 2.50. The number of rotatable bonds is 7. The molecule has 0 bridgehead atoms. The standard InChI is InChI=1S/C21H27N3OS/c25-21(23-20(18-9-10-18)19-4-3-13-26-19)22-14-16-5-7-17(8-6-16)15-24-11-1-2-12-24/h3-8,13,18,20H,1-2,9-12,14-15H2,(H2,22,23,25)/t20-/m1/s1. The zero-order valence-electron chi connectivity index (χ0n) is 15.1. The first-order chi connectivity index (χ1) is 12.8. The third kappa shape index (κ3) is 4.65. The van der Waals surface area contributed by atoms with E-state index in [4.69, 9.17) is 0 Å². The number of nitrogens with one attached hydrogen (secondary N) is 2. The summed E-state index contributed by atoms with van der Waals surface area (Å²) in [5.74, 6) is 0.601. The molecule has 2 amide bonds. The summed E-state index contributed by atoms with van der Waals surface area (Å²) in [7, 11) is 0. The molecule has 2 heterocycles. The maximum absolute atomic E-state index is 12.3. The summed E-state index contributed by atoms with van der Waals surface area (Å²) in [4.78, 5) is 16.1. The van der Waals surface area contributed by atoms with Crippen LogP contribution in [-0.2, 0) is 13.1 Å². The van der Waals surface area contributed by atoms with Crippen LogP contribution in [0.2, 0.25) is 0 Å². The summed E-state index contributed by atoms with van der Waals surface area (Å²) in [6, 6.07) is 12.9. The Balaban J connectivity index is 1.26. The van der Waals surface area contributed by atoms with Crippen molar-refractivity contribution in [3.05, 3.63) is 57.8 Å². The van der Waals surface area contributed by atoms with E-state index in [1.165, 1.54) is 49.2 Å². The van der Waals surface area contributed by atoms with Crippen LogP contribution in [0.3, 0.4) is 0 Å². The van der Waals surface area contributed by atoms with Crippen LogP contribution in [0.5, 0.6) is 0 Å². The van der Waals surface area contributed by atoms with Gasteiger partial charge in [0.2, 0.25) is 0 Å². The van der Waals surface area contributed by atoms with E-state index in [2.05, 4.69) is 57.3 Å². The lowest BCUT2D eigenvalue weighted by molar-refractivity contribution is 0.235. The molecule has 1 aliphatic carbocycles. The topological polar surface area (TPSA) is 44.4 Å². The van der Waals surface area contributed by atoms with E-state index in [1.54, 1.807) is 11.3 Å². The molecule has 5 heteroatoms. The summed E-state index contributed by atoms with van der Waals surface area (Å²) in [6.45, 7) is 4.04. The van der Waals surface area contributed by atoms with Gasteiger partial charge in [-0.05, 0) is 67.3 Å². The molecule has 0 radical (unpaired) electrons. The number of carbonyl (C=O) groups excluding carboxylic acids is 1. The molecule has 138 valence electrons. The molecule has 2 aromatic rings. The number of thiophene rings is 1. The third-order valence-electron chi connectivity index (χ3n) is 5.31. The van der Waals surface area contributed by atoms with Gasteiger partial charge in [-0.1, -0.05) is 30.3 Å². The molecule has 26 heavy (non-hydrogen) atoms. The average molecular weight is 370 g/mol. The number of hydrogen-bond donors (Lipinski definition) is 2. The Kier molecular flexibility index (Phi) is 5.56. The Hall–Kier alpha value is -1.85. The van der Waals surface area contributed by atoms with Crippen molar-refractivity contribution in [3.63, 3.8) is 0 Å². The lowest BCUT2D eigenvalue weighted by Gasteiger charge is -2.17. The minimum absolute atomic E-state index is 0.0727. The molecule has 1 aliphatic heterocycles. The molecule has 4 nitrogen and oxygen atoms in total. The van der Waals surface area contributed by atoms with Gasteiger partial charge in [0.15, 0.2) is 0 Å². The Labute approximate surface area is 159 Å². The van der Waals surface area contributed by atoms with Crippen LogP contribution in [0, 0.1) is 5.92 Å². The van der Waals surface area contributed by atoms with Crippen LogP contribution in [0.4, 0.5) is 4.79 Å². The maximum atomic E-state index is 12.3. The molecular weight excluding hydrogens is 342 g/mol. The van der Waals surface area contributed by atoms with Crippen molar-refractivity contribution in [1.82, 2.24) is 15.5 Å². The van der Waals surface area contributed by atoms with Crippen molar-refractivity contribution in [2.75, 3.05) is 13.1 Å². The number of urea groups is 1. The highest BCUT2D eigenvalue weighted by molar-refractivity contribution is 7.10. The van der Waals surface area contributed by atoms with Crippen LogP contribution in [0.1, 0.15) is 47.7 Å². The van der Waals surface area contributed by atoms with Gasteiger partial charge in [0.25, 0.3) is 0 Å². The molecule has 1 saturated carbocycles. The number of carbonyl (C=O) groups is 1. The summed E-state index contributed by atoms with van der Waals surface area (Å²) in [5, 5.41) is 8.25. The molecule has 1 aromatic heterocycles. The molecule has 1 saturated heterocycles. The first-order valence-electron chi connectivity index (χ1n) is 9.66. The second kappa shape index (κ2) is 8.23. The summed E-state index contributed by atoms with van der Waals surface area (Å²) in [6.07, 6.45) is 5.07. The number of amides is 2. The van der Waals surface area contributed by atoms with Gasteiger partial charge in [0.05, 0.1) is 6.04 Å². The van der Waals surface area contributed by atoms with Crippen molar-refractivity contribution < 1.29 is 4.79 Å². The highest BCUT2D eigenvalue weighted by atomic mass is 32.1. The van der Waals surface area contributed by atoms with Gasteiger partial charge in [0.1, 0.15) is 0 Å². The van der Waals surface area contributed by atoms with Crippen molar-refractivity contribution in [2.45, 2.75) is 44.8 Å². The fourth-order valence-corrected chi connectivity index (χ4v) is 4.52. The Morgan fingerprint density at radius 2 is 1.85 bits per heavy atom. The van der Waals surface area contributed by atoms with Gasteiger partial charge in [-0.3, -0.25) is 4.90 Å². The fraction of sp³-hybridized carbons (Fsp3) is 0.476. The molecule has 0 spiro atoms. The van der Waals surface area contributed by atoms with E-state index in [9.17, 15) is 4.79 Å². The summed E-state index contributed by atoms with van der Waals surface area (Å²) >= 11 is 1.72. The molecule has 1 atom stereocenters. The van der Waals surface area contributed by atoms with E-state index in [0.29, 0.717) is 12.5 Å². The average Bonchev–Trinajstić information content (AvgIpc) is 3.11. The van der Waals surface area contributed by atoms with Crippen LogP contribution in [-0.4, -0.2) is 24.0 Å². The number of benzene rings is 1. The Bertz CT molecular complexity index is 703. The monoisotopic (exact) mass is 369 g/mol. The summed E-state index contributed by atoms with van der Waals surface area (Å²) < 4.78 is 0. The van der Waals surface area contributed by atoms with Crippen molar-refractivity contribution in [1.29, 1.82) is 0 Å². The Morgan fingerprint density at radius 1 is 1.12 bits per heavy atom. The van der Waals surface area contributed by atoms with E-state index in [0.717, 1.165) is 12.1 Å². The lowest BCUT2D eigenvalue weighted by Crippen LogP contribution is -2.38. The maximum Gasteiger partial charge on any atom is 0.315 e. The molecular formula is C21H27N3OS. The second-order valence-corrected chi connectivity index (χ2v) is 8.44. The molecule has 2 aliphatic rings. The largest absolute Gasteiger partial charge is 0.334 e. The van der Waals surface area contributed by atoms with Gasteiger partial charge in [0, 0.05) is 18.0 Å². The number of nitrogens with zero attached hydrogens (tertiary/aromatic N) is 1. The smallest absolute Gasteiger partial charge is 0.315 e. The molecule has 2 N–H and O–H groups in total. The predicted octanol–water partition coefficient (Wildman–Crippen LogP) is 4.29. The van der Waals surface area contributed by atoms with Gasteiger partial charge in [-0.25, -0.2) is 4.79 Å². The fourth-order valence-electron chi connectivity index (χ4n) is 3.66. The van der Waals surface area contributed by atoms with E-state index in [-0.39, 0.29) is 12.1 Å². The first kappa shape index (κ1) is 17.6. The van der Waals surface area contributed by atoms with E-state index >= 15 is 0 Å². The highest BCUT2D eigenvalue weighted by Crippen LogP contribution is 2.42. The zero-order valence-corrected chi connectivity index (χ0v) is 15.9. The normalized spacial score (nSPS) is 18.6. The molecule has 0 unspecified atom stereocenters. The molecule has 1 aromatic carbocycles. The second-order valence-electron chi connectivity index (χ2n) is 7.46. The van der Waals surface area contributed by atoms with Crippen molar-refractivity contribution in [2.24, 2.45) is 5.92 Å². The van der Waals surface area contributed by atoms with Crippen LogP contribution in [0.15, 0.2) is 41.8 Å². The minimum atomic E-state index is -0.0727. The quantitative estimate of drug-likeness (QED) is 0.764.